The molecule has 10 heteroatoms. The summed E-state index contributed by atoms with van der Waals surface area (Å²) in [6.07, 6.45) is 0.481. The lowest BCUT2D eigenvalue weighted by Gasteiger charge is -2.31. The van der Waals surface area contributed by atoms with Gasteiger partial charge in [-0.15, -0.1) is 0 Å². The Hall–Kier alpha value is -3.46. The molecule has 2 unspecified atom stereocenters. The Labute approximate surface area is 183 Å². The minimum atomic E-state index is -1.56. The third-order valence-electron chi connectivity index (χ3n) is 5.03. The Bertz CT molecular complexity index is 1070. The molecule has 1 aliphatic heterocycles. The monoisotopic (exact) mass is 445 g/mol. The standard InChI is InChI=1S/C21H21ClFN5O3/c1-3-16-27-17(19(30)25-2)21(28-16,20(24)31)11-4-7-13(8-5-11)26-18(29)14-9-6-12(23)10-15(14)22/h4-10,17H,3H2,1-2H3,(H2,24,31)(H,25,30)(H,26,29)(H,27,28). The highest BCUT2D eigenvalue weighted by atomic mass is 35.5. The highest BCUT2D eigenvalue weighted by Gasteiger charge is 2.53. The van der Waals surface area contributed by atoms with Crippen molar-refractivity contribution in [3.8, 4) is 0 Å². The first-order valence-electron chi connectivity index (χ1n) is 9.46. The molecule has 5 N–H and O–H groups in total. The van der Waals surface area contributed by atoms with Crippen LogP contribution in [0.5, 0.6) is 0 Å². The van der Waals surface area contributed by atoms with Crippen LogP contribution in [0.2, 0.25) is 5.02 Å². The summed E-state index contributed by atoms with van der Waals surface area (Å²) in [5, 5.41) is 8.15. The number of anilines is 1. The number of nitrogens with two attached hydrogens (primary N) is 1. The van der Waals surface area contributed by atoms with E-state index in [4.69, 9.17) is 17.3 Å². The maximum atomic E-state index is 13.2. The van der Waals surface area contributed by atoms with Crippen LogP contribution < -0.4 is 21.7 Å². The summed E-state index contributed by atoms with van der Waals surface area (Å²) in [5.41, 5.74) is 5.09. The van der Waals surface area contributed by atoms with Gasteiger partial charge >= 0.3 is 0 Å². The van der Waals surface area contributed by atoms with Gasteiger partial charge in [-0.3, -0.25) is 19.4 Å². The van der Waals surface area contributed by atoms with Crippen molar-refractivity contribution in [3.05, 3.63) is 64.4 Å². The average Bonchev–Trinajstić information content (AvgIpc) is 3.15. The number of carbonyl (C=O) groups excluding carboxylic acids is 3. The normalized spacial score (nSPS) is 19.9. The number of carbonyl (C=O) groups is 3. The minimum absolute atomic E-state index is 0.0189. The van der Waals surface area contributed by atoms with Gasteiger partial charge < -0.3 is 21.7 Å². The number of benzene rings is 2. The Morgan fingerprint density at radius 1 is 1.23 bits per heavy atom. The van der Waals surface area contributed by atoms with Crippen molar-refractivity contribution >= 4 is 40.8 Å². The molecule has 0 aromatic heterocycles. The third kappa shape index (κ3) is 4.09. The first kappa shape index (κ1) is 22.2. The molecule has 0 aliphatic carbocycles. The van der Waals surface area contributed by atoms with Crippen molar-refractivity contribution in [1.82, 2.24) is 10.6 Å². The zero-order valence-corrected chi connectivity index (χ0v) is 17.6. The Morgan fingerprint density at radius 3 is 2.45 bits per heavy atom. The van der Waals surface area contributed by atoms with Crippen molar-refractivity contribution in [2.75, 3.05) is 12.4 Å². The highest BCUT2D eigenvalue weighted by molar-refractivity contribution is 6.34. The zero-order valence-electron chi connectivity index (χ0n) is 16.8. The summed E-state index contributed by atoms with van der Waals surface area (Å²) in [6.45, 7) is 1.84. The number of hydrogen-bond donors (Lipinski definition) is 4. The van der Waals surface area contributed by atoms with Crippen LogP contribution in [0.1, 0.15) is 29.3 Å². The lowest BCUT2D eigenvalue weighted by molar-refractivity contribution is -0.131. The lowest BCUT2D eigenvalue weighted by Crippen LogP contribution is -2.60. The van der Waals surface area contributed by atoms with Crippen molar-refractivity contribution in [1.29, 1.82) is 0 Å². The highest BCUT2D eigenvalue weighted by Crippen LogP contribution is 2.33. The SMILES string of the molecule is CCC1=NC(C(=O)NC)C(C(N)=O)(c2ccc(NC(=O)c3ccc(F)cc3Cl)cc2)N1. The maximum absolute atomic E-state index is 13.2. The zero-order chi connectivity index (χ0) is 22.8. The van der Waals surface area contributed by atoms with Gasteiger partial charge in [-0.05, 0) is 35.9 Å². The number of halogens is 2. The van der Waals surface area contributed by atoms with Crippen LogP contribution in [-0.2, 0) is 15.1 Å². The topological polar surface area (TPSA) is 126 Å². The van der Waals surface area contributed by atoms with Crippen LogP contribution in [0.4, 0.5) is 10.1 Å². The first-order chi connectivity index (χ1) is 14.7. The summed E-state index contributed by atoms with van der Waals surface area (Å²) in [5.74, 6) is -1.82. The number of amidine groups is 1. The molecule has 0 radical (unpaired) electrons. The third-order valence-corrected chi connectivity index (χ3v) is 5.34. The van der Waals surface area contributed by atoms with Crippen molar-refractivity contribution < 1.29 is 18.8 Å². The Kier molecular flexibility index (Phi) is 6.26. The molecule has 1 aliphatic rings. The largest absolute Gasteiger partial charge is 0.367 e. The molecule has 0 spiro atoms. The van der Waals surface area contributed by atoms with Crippen LogP contribution in [-0.4, -0.2) is 36.6 Å². The number of rotatable bonds is 6. The van der Waals surface area contributed by atoms with E-state index in [9.17, 15) is 18.8 Å². The van der Waals surface area contributed by atoms with Gasteiger partial charge in [0.15, 0.2) is 11.6 Å². The number of hydrogen-bond acceptors (Lipinski definition) is 5. The van der Waals surface area contributed by atoms with Gasteiger partial charge in [-0.1, -0.05) is 30.7 Å². The van der Waals surface area contributed by atoms with Crippen LogP contribution >= 0.6 is 11.6 Å². The summed E-state index contributed by atoms with van der Waals surface area (Å²) in [4.78, 5) is 41.7. The van der Waals surface area contributed by atoms with E-state index in [1.807, 2.05) is 6.92 Å². The second-order valence-electron chi connectivity index (χ2n) is 6.90. The second kappa shape index (κ2) is 8.73. The quantitative estimate of drug-likeness (QED) is 0.542. The summed E-state index contributed by atoms with van der Waals surface area (Å²) >= 11 is 5.93. The number of nitrogens with zero attached hydrogens (tertiary/aromatic N) is 1. The number of primary amides is 1. The molecule has 3 rings (SSSR count). The van der Waals surface area contributed by atoms with Crippen LogP contribution in [0, 0.1) is 5.82 Å². The van der Waals surface area contributed by atoms with Gasteiger partial charge in [0.25, 0.3) is 11.8 Å². The fourth-order valence-electron chi connectivity index (χ4n) is 3.41. The molecule has 162 valence electrons. The van der Waals surface area contributed by atoms with Crippen LogP contribution in [0.3, 0.4) is 0 Å². The van der Waals surface area contributed by atoms with E-state index in [-0.39, 0.29) is 10.6 Å². The van der Waals surface area contributed by atoms with Gasteiger partial charge in [-0.25, -0.2) is 4.39 Å². The predicted octanol–water partition coefficient (Wildman–Crippen LogP) is 1.94. The van der Waals surface area contributed by atoms with Gasteiger partial charge in [0.05, 0.1) is 16.4 Å². The van der Waals surface area contributed by atoms with E-state index in [0.29, 0.717) is 23.5 Å². The van der Waals surface area contributed by atoms with E-state index < -0.39 is 35.1 Å². The van der Waals surface area contributed by atoms with E-state index >= 15 is 0 Å². The van der Waals surface area contributed by atoms with Gasteiger partial charge in [0.1, 0.15) is 5.82 Å². The Balaban J connectivity index is 1.90. The van der Waals surface area contributed by atoms with Gasteiger partial charge in [-0.2, -0.15) is 0 Å². The van der Waals surface area contributed by atoms with Gasteiger partial charge in [0, 0.05) is 19.2 Å². The number of likely N-dealkylation sites (N-methyl/N-ethyl adjacent to an activating group) is 1. The molecule has 2 aromatic carbocycles. The number of amides is 3. The summed E-state index contributed by atoms with van der Waals surface area (Å²) < 4.78 is 13.2. The Morgan fingerprint density at radius 2 is 1.90 bits per heavy atom. The smallest absolute Gasteiger partial charge is 0.257 e. The van der Waals surface area contributed by atoms with E-state index in [2.05, 4.69) is 20.9 Å². The number of nitrogens with one attached hydrogen (secondary N) is 3. The molecule has 1 heterocycles. The summed E-state index contributed by atoms with van der Waals surface area (Å²) in [6, 6.07) is 8.65. The molecule has 0 bridgehead atoms. The molecule has 8 nitrogen and oxygen atoms in total. The molecular formula is C21H21ClFN5O3. The van der Waals surface area contributed by atoms with E-state index in [1.165, 1.54) is 13.1 Å². The van der Waals surface area contributed by atoms with Crippen LogP contribution in [0.25, 0.3) is 0 Å². The van der Waals surface area contributed by atoms with Crippen molar-refractivity contribution in [2.24, 2.45) is 10.7 Å². The fourth-order valence-corrected chi connectivity index (χ4v) is 3.66. The minimum Gasteiger partial charge on any atom is -0.367 e. The molecule has 31 heavy (non-hydrogen) atoms. The molecule has 3 amide bonds. The molecule has 0 fully saturated rings. The molecule has 0 saturated carbocycles. The van der Waals surface area contributed by atoms with E-state index in [1.54, 1.807) is 24.3 Å². The van der Waals surface area contributed by atoms with Crippen molar-refractivity contribution in [2.45, 2.75) is 24.9 Å². The van der Waals surface area contributed by atoms with Crippen LogP contribution in [0.15, 0.2) is 47.5 Å². The molecule has 2 aromatic rings. The average molecular weight is 446 g/mol. The number of aliphatic imine (C=N–C) groups is 1. The molecular weight excluding hydrogens is 425 g/mol. The fraction of sp³-hybridized carbons (Fsp3) is 0.238. The van der Waals surface area contributed by atoms with E-state index in [0.717, 1.165) is 12.1 Å². The van der Waals surface area contributed by atoms with Gasteiger partial charge in [0.2, 0.25) is 5.91 Å². The van der Waals surface area contributed by atoms with Crippen molar-refractivity contribution in [3.63, 3.8) is 0 Å². The molecule has 2 atom stereocenters. The second-order valence-corrected chi connectivity index (χ2v) is 7.31. The maximum Gasteiger partial charge on any atom is 0.257 e. The predicted molar refractivity (Wildman–Crippen MR) is 115 cm³/mol. The summed E-state index contributed by atoms with van der Waals surface area (Å²) in [7, 11) is 1.45. The first-order valence-corrected chi connectivity index (χ1v) is 9.84. The lowest BCUT2D eigenvalue weighted by atomic mass is 9.82. The molecule has 0 saturated heterocycles.